The normalized spacial score (nSPS) is 14.8. The lowest BCUT2D eigenvalue weighted by molar-refractivity contribution is -0.132. The fraction of sp³-hybridized carbons (Fsp3) is 0.400. The highest BCUT2D eigenvalue weighted by atomic mass is 16.3. The third kappa shape index (κ3) is 5.17. The van der Waals surface area contributed by atoms with E-state index >= 15 is 0 Å². The number of nitrogens with zero attached hydrogens (tertiary/aromatic N) is 5. The molecule has 0 saturated carbocycles. The van der Waals surface area contributed by atoms with E-state index in [9.17, 15) is 9.59 Å². The molecular formula is C25H31N5O3. The van der Waals surface area contributed by atoms with Gasteiger partial charge in [-0.2, -0.15) is 5.10 Å². The van der Waals surface area contributed by atoms with E-state index in [1.165, 1.54) is 0 Å². The van der Waals surface area contributed by atoms with Crippen molar-refractivity contribution in [3.63, 3.8) is 0 Å². The lowest BCUT2D eigenvalue weighted by Gasteiger charge is -2.25. The van der Waals surface area contributed by atoms with Crippen LogP contribution in [0.1, 0.15) is 30.8 Å². The van der Waals surface area contributed by atoms with Gasteiger partial charge in [0.15, 0.2) is 5.76 Å². The second-order valence-electron chi connectivity index (χ2n) is 8.13. The molecule has 2 aromatic heterocycles. The molecule has 0 N–H and O–H groups in total. The molecule has 4 rings (SSSR count). The summed E-state index contributed by atoms with van der Waals surface area (Å²) in [6.07, 6.45) is 2.42. The average molecular weight is 450 g/mol. The standard InChI is InChI=1S/C25H31N5O3/c1-3-28(4-2)24(31)19-27-13-9-14-29(16-15-27)25(32)22-18-21(23-12-8-17-33-23)26-30(22)20-10-6-5-7-11-20/h5-8,10-12,17-18H,3-4,9,13-16,19H2,1-2H3. The quantitative estimate of drug-likeness (QED) is 0.554. The number of carbonyl (C=O) groups is 2. The Kier molecular flexibility index (Phi) is 7.24. The minimum absolute atomic E-state index is 0.0684. The van der Waals surface area contributed by atoms with Gasteiger partial charge in [0, 0.05) is 45.3 Å². The van der Waals surface area contributed by atoms with E-state index in [1.807, 2.05) is 60.0 Å². The van der Waals surface area contributed by atoms with Crippen LogP contribution in [-0.2, 0) is 4.79 Å². The summed E-state index contributed by atoms with van der Waals surface area (Å²) in [6.45, 7) is 8.51. The predicted octanol–water partition coefficient (Wildman–Crippen LogP) is 3.15. The molecule has 0 spiro atoms. The second-order valence-corrected chi connectivity index (χ2v) is 8.13. The summed E-state index contributed by atoms with van der Waals surface area (Å²) in [6, 6.07) is 15.1. The highest BCUT2D eigenvalue weighted by molar-refractivity contribution is 5.94. The van der Waals surface area contributed by atoms with Crippen molar-refractivity contribution >= 4 is 11.8 Å². The smallest absolute Gasteiger partial charge is 0.272 e. The Morgan fingerprint density at radius 1 is 1.00 bits per heavy atom. The number of hydrogen-bond donors (Lipinski definition) is 0. The molecule has 33 heavy (non-hydrogen) atoms. The van der Waals surface area contributed by atoms with Crippen molar-refractivity contribution in [2.75, 3.05) is 45.8 Å². The van der Waals surface area contributed by atoms with Crippen LogP contribution in [0, 0.1) is 0 Å². The van der Waals surface area contributed by atoms with E-state index in [2.05, 4.69) is 10.00 Å². The maximum atomic E-state index is 13.6. The molecule has 1 aliphatic heterocycles. The SMILES string of the molecule is CCN(CC)C(=O)CN1CCCN(C(=O)c2cc(-c3ccco3)nn2-c2ccccc2)CC1. The first-order chi connectivity index (χ1) is 16.1. The van der Waals surface area contributed by atoms with E-state index in [4.69, 9.17) is 4.42 Å². The van der Waals surface area contributed by atoms with Crippen LogP contribution in [-0.4, -0.2) is 82.1 Å². The van der Waals surface area contributed by atoms with Gasteiger partial charge in [0.1, 0.15) is 11.4 Å². The first-order valence-corrected chi connectivity index (χ1v) is 11.6. The molecule has 0 bridgehead atoms. The molecular weight excluding hydrogens is 418 g/mol. The minimum Gasteiger partial charge on any atom is -0.463 e. The van der Waals surface area contributed by atoms with Crippen molar-refractivity contribution in [3.8, 4) is 17.1 Å². The summed E-state index contributed by atoms with van der Waals surface area (Å²) in [5.74, 6) is 0.696. The highest BCUT2D eigenvalue weighted by Crippen LogP contribution is 2.23. The van der Waals surface area contributed by atoms with Crippen LogP contribution < -0.4 is 0 Å². The summed E-state index contributed by atoms with van der Waals surface area (Å²) in [4.78, 5) is 32.0. The zero-order valence-corrected chi connectivity index (χ0v) is 19.3. The Morgan fingerprint density at radius 3 is 2.48 bits per heavy atom. The van der Waals surface area contributed by atoms with Gasteiger partial charge in [0.2, 0.25) is 5.91 Å². The molecule has 8 heteroatoms. The summed E-state index contributed by atoms with van der Waals surface area (Å²) in [7, 11) is 0. The van der Waals surface area contributed by atoms with Crippen molar-refractivity contribution in [1.82, 2.24) is 24.5 Å². The van der Waals surface area contributed by atoms with Crippen LogP contribution >= 0.6 is 0 Å². The topological polar surface area (TPSA) is 74.8 Å². The van der Waals surface area contributed by atoms with Crippen molar-refractivity contribution < 1.29 is 14.0 Å². The van der Waals surface area contributed by atoms with Gasteiger partial charge in [-0.25, -0.2) is 4.68 Å². The molecule has 0 atom stereocenters. The fourth-order valence-electron chi connectivity index (χ4n) is 4.21. The van der Waals surface area contributed by atoms with E-state index < -0.39 is 0 Å². The molecule has 0 unspecified atom stereocenters. The summed E-state index contributed by atoms with van der Waals surface area (Å²) in [5.41, 5.74) is 1.94. The maximum absolute atomic E-state index is 13.6. The Balaban J connectivity index is 1.52. The zero-order chi connectivity index (χ0) is 23.2. The molecule has 3 aromatic rings. The second kappa shape index (κ2) is 10.5. The lowest BCUT2D eigenvalue weighted by atomic mass is 10.2. The van der Waals surface area contributed by atoms with Crippen LogP contribution in [0.5, 0.6) is 0 Å². The summed E-state index contributed by atoms with van der Waals surface area (Å²) >= 11 is 0. The summed E-state index contributed by atoms with van der Waals surface area (Å²) in [5, 5.41) is 4.67. The van der Waals surface area contributed by atoms with E-state index in [1.54, 1.807) is 23.1 Å². The van der Waals surface area contributed by atoms with Gasteiger partial charge >= 0.3 is 0 Å². The van der Waals surface area contributed by atoms with Crippen LogP contribution in [0.25, 0.3) is 17.1 Å². The number of carbonyl (C=O) groups excluding carboxylic acids is 2. The van der Waals surface area contributed by atoms with Gasteiger partial charge < -0.3 is 14.2 Å². The average Bonchev–Trinajstić information content (AvgIpc) is 3.47. The van der Waals surface area contributed by atoms with Crippen molar-refractivity contribution in [2.45, 2.75) is 20.3 Å². The number of furan rings is 1. The number of para-hydroxylation sites is 1. The number of hydrogen-bond acceptors (Lipinski definition) is 5. The Bertz CT molecular complexity index is 1060. The Morgan fingerprint density at radius 2 is 1.79 bits per heavy atom. The molecule has 0 radical (unpaired) electrons. The number of rotatable bonds is 7. The first kappa shape index (κ1) is 22.8. The van der Waals surface area contributed by atoms with Gasteiger partial charge in [-0.05, 0) is 44.5 Å². The molecule has 8 nitrogen and oxygen atoms in total. The van der Waals surface area contributed by atoms with Crippen molar-refractivity contribution in [3.05, 3.63) is 60.5 Å². The number of benzene rings is 1. The maximum Gasteiger partial charge on any atom is 0.272 e. The van der Waals surface area contributed by atoms with Crippen LogP contribution in [0.15, 0.2) is 59.2 Å². The molecule has 1 aliphatic rings. The molecule has 0 aliphatic carbocycles. The number of amides is 2. The van der Waals surface area contributed by atoms with Crippen LogP contribution in [0.2, 0.25) is 0 Å². The molecule has 3 heterocycles. The monoisotopic (exact) mass is 449 g/mol. The van der Waals surface area contributed by atoms with Crippen LogP contribution in [0.3, 0.4) is 0 Å². The predicted molar refractivity (Wildman–Crippen MR) is 126 cm³/mol. The molecule has 1 fully saturated rings. The fourth-order valence-corrected chi connectivity index (χ4v) is 4.21. The Hall–Kier alpha value is -3.39. The minimum atomic E-state index is -0.0684. The van der Waals surface area contributed by atoms with E-state index in [0.717, 1.165) is 31.7 Å². The van der Waals surface area contributed by atoms with Gasteiger partial charge in [-0.15, -0.1) is 0 Å². The van der Waals surface area contributed by atoms with Gasteiger partial charge in [0.05, 0.1) is 18.5 Å². The van der Waals surface area contributed by atoms with Crippen LogP contribution in [0.4, 0.5) is 0 Å². The molecule has 2 amide bonds. The van der Waals surface area contributed by atoms with Gasteiger partial charge in [0.25, 0.3) is 5.91 Å². The lowest BCUT2D eigenvalue weighted by Crippen LogP contribution is -2.42. The third-order valence-corrected chi connectivity index (χ3v) is 6.05. The van der Waals surface area contributed by atoms with E-state index in [0.29, 0.717) is 43.3 Å². The Labute approximate surface area is 194 Å². The largest absolute Gasteiger partial charge is 0.463 e. The molecule has 1 saturated heterocycles. The number of likely N-dealkylation sites (N-methyl/N-ethyl adjacent to an activating group) is 1. The highest BCUT2D eigenvalue weighted by Gasteiger charge is 2.26. The zero-order valence-electron chi connectivity index (χ0n) is 19.3. The van der Waals surface area contributed by atoms with Gasteiger partial charge in [-0.3, -0.25) is 14.5 Å². The first-order valence-electron chi connectivity index (χ1n) is 11.6. The van der Waals surface area contributed by atoms with Crippen molar-refractivity contribution in [2.24, 2.45) is 0 Å². The molecule has 174 valence electrons. The van der Waals surface area contributed by atoms with Gasteiger partial charge in [-0.1, -0.05) is 18.2 Å². The third-order valence-electron chi connectivity index (χ3n) is 6.05. The number of aromatic nitrogens is 2. The van der Waals surface area contributed by atoms with E-state index in [-0.39, 0.29) is 11.8 Å². The summed E-state index contributed by atoms with van der Waals surface area (Å²) < 4.78 is 7.20. The van der Waals surface area contributed by atoms with Crippen molar-refractivity contribution in [1.29, 1.82) is 0 Å². The molecule has 1 aromatic carbocycles.